The van der Waals surface area contributed by atoms with E-state index in [2.05, 4.69) is 21.2 Å². The molecule has 0 aromatic heterocycles. The van der Waals surface area contributed by atoms with E-state index in [0.29, 0.717) is 11.0 Å². The first-order valence-electron chi connectivity index (χ1n) is 4.80. The maximum Gasteiger partial charge on any atom is 0.254 e. The molecule has 16 heavy (non-hydrogen) atoms. The largest absolute Gasteiger partial charge is 0.380 e. The van der Waals surface area contributed by atoms with Crippen LogP contribution in [-0.4, -0.2) is 25.7 Å². The summed E-state index contributed by atoms with van der Waals surface area (Å²) in [4.78, 5) is 11.6. The number of benzene rings is 1. The van der Waals surface area contributed by atoms with Crippen molar-refractivity contribution in [2.24, 2.45) is 0 Å². The first-order valence-corrected chi connectivity index (χ1v) is 5.60. The van der Waals surface area contributed by atoms with E-state index in [4.69, 9.17) is 4.74 Å². The monoisotopic (exact) mass is 289 g/mol. The van der Waals surface area contributed by atoms with Crippen LogP contribution in [0.15, 0.2) is 22.7 Å². The van der Waals surface area contributed by atoms with Crippen LogP contribution in [0.2, 0.25) is 0 Å². The summed E-state index contributed by atoms with van der Waals surface area (Å²) >= 11 is 3.13. The lowest BCUT2D eigenvalue weighted by molar-refractivity contribution is 0.0867. The van der Waals surface area contributed by atoms with Gasteiger partial charge in [-0.15, -0.1) is 0 Å². The fourth-order valence-electron chi connectivity index (χ4n) is 1.09. The van der Waals surface area contributed by atoms with Crippen molar-refractivity contribution < 1.29 is 13.9 Å². The van der Waals surface area contributed by atoms with E-state index in [1.54, 1.807) is 13.2 Å². The molecule has 1 atom stereocenters. The Bertz CT molecular complexity index is 384. The van der Waals surface area contributed by atoms with Crippen LogP contribution in [-0.2, 0) is 4.74 Å². The molecule has 0 radical (unpaired) electrons. The predicted molar refractivity (Wildman–Crippen MR) is 62.9 cm³/mol. The summed E-state index contributed by atoms with van der Waals surface area (Å²) in [6, 6.07) is 4.32. The number of carbonyl (C=O) groups excluding carboxylic acids is 1. The molecule has 0 bridgehead atoms. The average Bonchev–Trinajstić information content (AvgIpc) is 2.25. The molecule has 1 rings (SSSR count). The molecule has 0 aliphatic carbocycles. The zero-order valence-electron chi connectivity index (χ0n) is 9.09. The predicted octanol–water partition coefficient (Wildman–Crippen LogP) is 2.35. The highest BCUT2D eigenvalue weighted by Gasteiger charge is 2.12. The van der Waals surface area contributed by atoms with Gasteiger partial charge in [0.25, 0.3) is 5.91 Å². The van der Waals surface area contributed by atoms with Gasteiger partial charge in [-0.25, -0.2) is 4.39 Å². The highest BCUT2D eigenvalue weighted by Crippen LogP contribution is 2.15. The summed E-state index contributed by atoms with van der Waals surface area (Å²) in [5, 5.41) is 2.59. The van der Waals surface area contributed by atoms with Crippen molar-refractivity contribution in [2.75, 3.05) is 13.7 Å². The summed E-state index contributed by atoms with van der Waals surface area (Å²) in [7, 11) is 1.55. The SMILES string of the molecule is COC(C)CNC(=O)c1ccc(Br)cc1F. The molecule has 0 spiro atoms. The molecular formula is C11H13BrFNO2. The van der Waals surface area contributed by atoms with Crippen LogP contribution in [0.3, 0.4) is 0 Å². The quantitative estimate of drug-likeness (QED) is 0.924. The zero-order valence-corrected chi connectivity index (χ0v) is 10.7. The number of nitrogens with one attached hydrogen (secondary N) is 1. The highest BCUT2D eigenvalue weighted by atomic mass is 79.9. The van der Waals surface area contributed by atoms with E-state index in [-0.39, 0.29) is 11.7 Å². The second kappa shape index (κ2) is 5.96. The van der Waals surface area contributed by atoms with Crippen molar-refractivity contribution in [2.45, 2.75) is 13.0 Å². The van der Waals surface area contributed by atoms with Crippen LogP contribution in [0.5, 0.6) is 0 Å². The van der Waals surface area contributed by atoms with Crippen molar-refractivity contribution in [1.29, 1.82) is 0 Å². The lowest BCUT2D eigenvalue weighted by Gasteiger charge is -2.11. The molecule has 1 aromatic carbocycles. The van der Waals surface area contributed by atoms with Crippen LogP contribution < -0.4 is 5.32 Å². The fourth-order valence-corrected chi connectivity index (χ4v) is 1.42. The van der Waals surface area contributed by atoms with Crippen molar-refractivity contribution >= 4 is 21.8 Å². The minimum absolute atomic E-state index is 0.0338. The van der Waals surface area contributed by atoms with E-state index < -0.39 is 11.7 Å². The van der Waals surface area contributed by atoms with Crippen LogP contribution in [0.25, 0.3) is 0 Å². The van der Waals surface area contributed by atoms with Crippen LogP contribution >= 0.6 is 15.9 Å². The Hall–Kier alpha value is -0.940. The Labute approximate surface area is 102 Å². The summed E-state index contributed by atoms with van der Waals surface area (Å²) in [6.07, 6.45) is -0.0949. The lowest BCUT2D eigenvalue weighted by Crippen LogP contribution is -2.32. The highest BCUT2D eigenvalue weighted by molar-refractivity contribution is 9.10. The Morgan fingerprint density at radius 1 is 1.62 bits per heavy atom. The van der Waals surface area contributed by atoms with Gasteiger partial charge in [-0.05, 0) is 25.1 Å². The molecule has 1 amide bonds. The van der Waals surface area contributed by atoms with Crippen LogP contribution in [0, 0.1) is 5.82 Å². The molecule has 0 aliphatic rings. The normalized spacial score (nSPS) is 12.2. The number of hydrogen-bond acceptors (Lipinski definition) is 2. The van der Waals surface area contributed by atoms with E-state index >= 15 is 0 Å². The number of methoxy groups -OCH3 is 1. The van der Waals surface area contributed by atoms with Gasteiger partial charge < -0.3 is 10.1 Å². The minimum Gasteiger partial charge on any atom is -0.380 e. The Morgan fingerprint density at radius 2 is 2.31 bits per heavy atom. The van der Waals surface area contributed by atoms with Gasteiger partial charge >= 0.3 is 0 Å². The van der Waals surface area contributed by atoms with Crippen LogP contribution in [0.4, 0.5) is 4.39 Å². The summed E-state index contributed by atoms with van der Waals surface area (Å²) in [5.74, 6) is -0.981. The van der Waals surface area contributed by atoms with E-state index in [0.717, 1.165) is 0 Å². The molecule has 0 heterocycles. The third-order valence-electron chi connectivity index (χ3n) is 2.13. The molecule has 0 saturated heterocycles. The Morgan fingerprint density at radius 3 is 2.88 bits per heavy atom. The second-order valence-corrected chi connectivity index (χ2v) is 4.30. The van der Waals surface area contributed by atoms with Gasteiger partial charge in [0.2, 0.25) is 0 Å². The van der Waals surface area contributed by atoms with E-state index in [9.17, 15) is 9.18 Å². The maximum absolute atomic E-state index is 13.4. The molecule has 88 valence electrons. The number of carbonyl (C=O) groups is 1. The summed E-state index contributed by atoms with van der Waals surface area (Å²) in [6.45, 7) is 2.17. The van der Waals surface area contributed by atoms with E-state index in [1.807, 2.05) is 6.92 Å². The number of ether oxygens (including phenoxy) is 1. The van der Waals surface area contributed by atoms with Gasteiger partial charge in [0.1, 0.15) is 5.82 Å². The minimum atomic E-state index is -0.544. The zero-order chi connectivity index (χ0) is 12.1. The van der Waals surface area contributed by atoms with Crippen molar-refractivity contribution in [3.05, 3.63) is 34.1 Å². The first kappa shape index (κ1) is 13.1. The number of rotatable bonds is 4. The lowest BCUT2D eigenvalue weighted by atomic mass is 10.2. The smallest absolute Gasteiger partial charge is 0.254 e. The van der Waals surface area contributed by atoms with Crippen molar-refractivity contribution in [1.82, 2.24) is 5.32 Å². The molecule has 3 nitrogen and oxygen atoms in total. The van der Waals surface area contributed by atoms with Gasteiger partial charge in [-0.3, -0.25) is 4.79 Å². The van der Waals surface area contributed by atoms with Gasteiger partial charge in [0.05, 0.1) is 11.7 Å². The third kappa shape index (κ3) is 3.57. The summed E-state index contributed by atoms with van der Waals surface area (Å²) < 4.78 is 19.0. The molecule has 1 aromatic rings. The van der Waals surface area contributed by atoms with Gasteiger partial charge in [-0.1, -0.05) is 15.9 Å². The van der Waals surface area contributed by atoms with Gasteiger partial charge in [-0.2, -0.15) is 0 Å². The summed E-state index contributed by atoms with van der Waals surface area (Å²) in [5.41, 5.74) is 0.0338. The second-order valence-electron chi connectivity index (χ2n) is 3.38. The average molecular weight is 290 g/mol. The molecular weight excluding hydrogens is 277 g/mol. The Balaban J connectivity index is 2.66. The maximum atomic E-state index is 13.4. The molecule has 1 unspecified atom stereocenters. The number of amides is 1. The molecule has 1 N–H and O–H groups in total. The third-order valence-corrected chi connectivity index (χ3v) is 2.62. The topological polar surface area (TPSA) is 38.3 Å². The molecule has 0 fully saturated rings. The Kier molecular flexibility index (Phi) is 4.89. The first-order chi connectivity index (χ1) is 7.54. The fraction of sp³-hybridized carbons (Fsp3) is 0.364. The van der Waals surface area contributed by atoms with Crippen LogP contribution in [0.1, 0.15) is 17.3 Å². The number of halogens is 2. The standard InChI is InChI=1S/C11H13BrFNO2/c1-7(16-2)6-14-11(15)9-4-3-8(12)5-10(9)13/h3-5,7H,6H2,1-2H3,(H,14,15). The van der Waals surface area contributed by atoms with Gasteiger partial charge in [0.15, 0.2) is 0 Å². The van der Waals surface area contributed by atoms with E-state index in [1.165, 1.54) is 12.1 Å². The molecule has 5 heteroatoms. The molecule has 0 saturated carbocycles. The number of hydrogen-bond donors (Lipinski definition) is 1. The van der Waals surface area contributed by atoms with Crippen molar-refractivity contribution in [3.63, 3.8) is 0 Å². The molecule has 0 aliphatic heterocycles. The van der Waals surface area contributed by atoms with Crippen molar-refractivity contribution in [3.8, 4) is 0 Å². The van der Waals surface area contributed by atoms with Gasteiger partial charge in [0, 0.05) is 18.1 Å².